The van der Waals surface area contributed by atoms with Gasteiger partial charge in [-0.25, -0.2) is 13.8 Å². The minimum atomic E-state index is -2.82. The summed E-state index contributed by atoms with van der Waals surface area (Å²) >= 11 is 0. The number of aromatic nitrogens is 1. The fraction of sp³-hybridized carbons (Fsp3) is 0.400. The van der Waals surface area contributed by atoms with Gasteiger partial charge < -0.3 is 14.8 Å². The third-order valence-corrected chi connectivity index (χ3v) is 3.21. The largest absolute Gasteiger partial charge is 0.444 e. The first-order chi connectivity index (χ1) is 9.79. The Morgan fingerprint density at radius 3 is 2.67 bits per heavy atom. The van der Waals surface area contributed by atoms with E-state index in [0.29, 0.717) is 11.6 Å². The summed E-state index contributed by atoms with van der Waals surface area (Å²) in [5.41, 5.74) is 0.965. The van der Waals surface area contributed by atoms with Crippen LogP contribution in [0.5, 0.6) is 0 Å². The molecule has 1 aromatic carbocycles. The monoisotopic (exact) mass is 296 g/mol. The number of halogens is 2. The van der Waals surface area contributed by atoms with Gasteiger partial charge in [0, 0.05) is 17.8 Å². The third kappa shape index (κ3) is 3.58. The molecule has 1 aromatic heterocycles. The molecule has 1 atom stereocenters. The number of oxazole rings is 1. The van der Waals surface area contributed by atoms with Crippen LogP contribution < -0.4 is 5.32 Å². The number of rotatable bonds is 5. The van der Waals surface area contributed by atoms with Crippen LogP contribution in [-0.4, -0.2) is 28.7 Å². The molecule has 0 amide bonds. The lowest BCUT2D eigenvalue weighted by atomic mass is 10.1. The first kappa shape index (κ1) is 15.4. The molecule has 1 heterocycles. The summed E-state index contributed by atoms with van der Waals surface area (Å²) in [7, 11) is 0. The number of nitrogens with one attached hydrogen (secondary N) is 1. The van der Waals surface area contributed by atoms with E-state index in [0.717, 1.165) is 23.7 Å². The molecule has 2 rings (SSSR count). The first-order valence-electron chi connectivity index (χ1n) is 6.57. The van der Waals surface area contributed by atoms with Crippen LogP contribution in [0.4, 0.5) is 14.5 Å². The van der Waals surface area contributed by atoms with Crippen molar-refractivity contribution in [2.24, 2.45) is 0 Å². The van der Waals surface area contributed by atoms with Crippen molar-refractivity contribution in [3.05, 3.63) is 35.7 Å². The molecule has 2 aromatic rings. The van der Waals surface area contributed by atoms with Crippen molar-refractivity contribution >= 4 is 5.69 Å². The Morgan fingerprint density at radius 1 is 1.38 bits per heavy atom. The van der Waals surface area contributed by atoms with Gasteiger partial charge >= 0.3 is 0 Å². The van der Waals surface area contributed by atoms with Crippen LogP contribution in [0.25, 0.3) is 11.5 Å². The second kappa shape index (κ2) is 5.81. The number of aliphatic hydroxyl groups is 1. The number of hydrogen-bond acceptors (Lipinski definition) is 4. The van der Waals surface area contributed by atoms with E-state index in [-0.39, 0.29) is 6.54 Å². The standard InChI is InChI=1S/C15H18F2N2O2/c1-9-4-5-11(13-19-10(2)7-21-13)6-12(9)18-8-15(3,20)14(16)17/h4-7,14,18,20H,8H2,1-3H3. The van der Waals surface area contributed by atoms with Crippen molar-refractivity contribution < 1.29 is 18.3 Å². The van der Waals surface area contributed by atoms with Gasteiger partial charge in [0.2, 0.25) is 5.89 Å². The average Bonchev–Trinajstić information content (AvgIpc) is 2.84. The molecule has 0 fully saturated rings. The summed E-state index contributed by atoms with van der Waals surface area (Å²) in [5, 5.41) is 12.4. The topological polar surface area (TPSA) is 58.3 Å². The summed E-state index contributed by atoms with van der Waals surface area (Å²) in [6.45, 7) is 4.52. The van der Waals surface area contributed by atoms with Gasteiger partial charge in [-0.3, -0.25) is 0 Å². The molecule has 114 valence electrons. The maximum atomic E-state index is 12.6. The Kier molecular flexibility index (Phi) is 4.27. The van der Waals surface area contributed by atoms with Crippen LogP contribution in [0.3, 0.4) is 0 Å². The molecule has 2 N–H and O–H groups in total. The van der Waals surface area contributed by atoms with Gasteiger partial charge in [-0.15, -0.1) is 0 Å². The highest BCUT2D eigenvalue weighted by Crippen LogP contribution is 2.26. The van der Waals surface area contributed by atoms with Crippen LogP contribution in [0.2, 0.25) is 0 Å². The Labute approximate surface area is 121 Å². The number of alkyl halides is 2. The second-order valence-electron chi connectivity index (χ2n) is 5.34. The van der Waals surface area contributed by atoms with Gasteiger partial charge in [0.1, 0.15) is 11.9 Å². The summed E-state index contributed by atoms with van der Waals surface area (Å²) < 4.78 is 30.6. The van der Waals surface area contributed by atoms with Crippen molar-refractivity contribution in [1.29, 1.82) is 0 Å². The molecule has 0 aliphatic rings. The van der Waals surface area contributed by atoms with E-state index in [4.69, 9.17) is 4.42 Å². The van der Waals surface area contributed by atoms with Gasteiger partial charge in [-0.1, -0.05) is 6.07 Å². The molecular formula is C15H18F2N2O2. The van der Waals surface area contributed by atoms with Crippen molar-refractivity contribution in [1.82, 2.24) is 4.98 Å². The molecule has 0 bridgehead atoms. The quantitative estimate of drug-likeness (QED) is 0.888. The maximum absolute atomic E-state index is 12.6. The van der Waals surface area contributed by atoms with Gasteiger partial charge in [0.25, 0.3) is 6.43 Å². The van der Waals surface area contributed by atoms with Crippen molar-refractivity contribution in [3.8, 4) is 11.5 Å². The fourth-order valence-electron chi connectivity index (χ4n) is 1.78. The number of nitrogens with zero attached hydrogens (tertiary/aromatic N) is 1. The van der Waals surface area contributed by atoms with Crippen LogP contribution in [0.15, 0.2) is 28.9 Å². The highest BCUT2D eigenvalue weighted by molar-refractivity contribution is 5.64. The van der Waals surface area contributed by atoms with E-state index < -0.39 is 12.0 Å². The Morgan fingerprint density at radius 2 is 2.10 bits per heavy atom. The zero-order valence-corrected chi connectivity index (χ0v) is 12.2. The van der Waals surface area contributed by atoms with Crippen LogP contribution in [0.1, 0.15) is 18.2 Å². The zero-order chi connectivity index (χ0) is 15.6. The van der Waals surface area contributed by atoms with Crippen molar-refractivity contribution in [2.75, 3.05) is 11.9 Å². The molecule has 0 saturated heterocycles. The zero-order valence-electron chi connectivity index (χ0n) is 12.2. The summed E-state index contributed by atoms with van der Waals surface area (Å²) in [5.74, 6) is 0.469. The SMILES string of the molecule is Cc1coc(-c2ccc(C)c(NCC(C)(O)C(F)F)c2)n1. The second-order valence-corrected chi connectivity index (χ2v) is 5.34. The number of anilines is 1. The minimum absolute atomic E-state index is 0.250. The Bertz CT molecular complexity index is 624. The van der Waals surface area contributed by atoms with Crippen molar-refractivity contribution in [3.63, 3.8) is 0 Å². The van der Waals surface area contributed by atoms with Crippen LogP contribution in [-0.2, 0) is 0 Å². The van der Waals surface area contributed by atoms with E-state index >= 15 is 0 Å². The molecule has 0 aliphatic heterocycles. The molecule has 6 heteroatoms. The maximum Gasteiger partial charge on any atom is 0.268 e. The van der Waals surface area contributed by atoms with Crippen molar-refractivity contribution in [2.45, 2.75) is 32.8 Å². The van der Waals surface area contributed by atoms with E-state index in [2.05, 4.69) is 10.3 Å². The van der Waals surface area contributed by atoms with Crippen LogP contribution >= 0.6 is 0 Å². The minimum Gasteiger partial charge on any atom is -0.444 e. The molecule has 0 aliphatic carbocycles. The third-order valence-electron chi connectivity index (χ3n) is 3.21. The lowest BCUT2D eigenvalue weighted by molar-refractivity contribution is -0.0732. The Balaban J connectivity index is 2.20. The lowest BCUT2D eigenvalue weighted by Crippen LogP contribution is -2.40. The molecular weight excluding hydrogens is 278 g/mol. The molecule has 4 nitrogen and oxygen atoms in total. The predicted molar refractivity (Wildman–Crippen MR) is 76.5 cm³/mol. The molecule has 0 spiro atoms. The molecule has 21 heavy (non-hydrogen) atoms. The number of aryl methyl sites for hydroxylation is 2. The van der Waals surface area contributed by atoms with Gasteiger partial charge in [-0.2, -0.15) is 0 Å². The molecule has 0 radical (unpaired) electrons. The highest BCUT2D eigenvalue weighted by Gasteiger charge is 2.31. The van der Waals surface area contributed by atoms with E-state index in [1.54, 1.807) is 12.3 Å². The molecule has 1 unspecified atom stereocenters. The normalized spacial score (nSPS) is 14.2. The van der Waals surface area contributed by atoms with Crippen LogP contribution in [0, 0.1) is 13.8 Å². The smallest absolute Gasteiger partial charge is 0.268 e. The van der Waals surface area contributed by atoms with E-state index in [1.807, 2.05) is 26.0 Å². The van der Waals surface area contributed by atoms with Gasteiger partial charge in [-0.05, 0) is 38.5 Å². The molecule has 0 saturated carbocycles. The van der Waals surface area contributed by atoms with E-state index in [1.165, 1.54) is 0 Å². The average molecular weight is 296 g/mol. The summed E-state index contributed by atoms with van der Waals surface area (Å²) in [6, 6.07) is 5.45. The Hall–Kier alpha value is -1.95. The fourth-order valence-corrected chi connectivity index (χ4v) is 1.78. The lowest BCUT2D eigenvalue weighted by Gasteiger charge is -2.23. The van der Waals surface area contributed by atoms with Gasteiger partial charge in [0.05, 0.1) is 5.69 Å². The summed E-state index contributed by atoms with van der Waals surface area (Å²) in [4.78, 5) is 4.22. The number of hydrogen-bond donors (Lipinski definition) is 2. The number of benzene rings is 1. The predicted octanol–water partition coefficient (Wildman–Crippen LogP) is 3.39. The highest BCUT2D eigenvalue weighted by atomic mass is 19.3. The summed E-state index contributed by atoms with van der Waals surface area (Å²) in [6.07, 6.45) is -1.27. The first-order valence-corrected chi connectivity index (χ1v) is 6.57. The van der Waals surface area contributed by atoms with Gasteiger partial charge in [0.15, 0.2) is 0 Å². The van der Waals surface area contributed by atoms with E-state index in [9.17, 15) is 13.9 Å².